The number of hydrogen-bond acceptors (Lipinski definition) is 4. The van der Waals surface area contributed by atoms with Gasteiger partial charge >= 0.3 is 5.97 Å². The van der Waals surface area contributed by atoms with Gasteiger partial charge in [0.15, 0.2) is 0 Å². The molecule has 0 aliphatic heterocycles. The molecule has 0 radical (unpaired) electrons. The summed E-state index contributed by atoms with van der Waals surface area (Å²) in [5.74, 6) is 1.33. The number of methoxy groups -OCH3 is 1. The van der Waals surface area contributed by atoms with Gasteiger partial charge in [-0.2, -0.15) is 12.6 Å². The Morgan fingerprint density at radius 2 is 2.00 bits per heavy atom. The monoisotopic (exact) mass is 266 g/mol. The minimum absolute atomic E-state index is 0.254. The summed E-state index contributed by atoms with van der Waals surface area (Å²) < 4.78 is 10.4. The van der Waals surface area contributed by atoms with E-state index in [9.17, 15) is 4.79 Å². The number of hydrogen-bond donors (Lipinski definition) is 1. The van der Waals surface area contributed by atoms with Gasteiger partial charge in [-0.15, -0.1) is 0 Å². The van der Waals surface area contributed by atoms with Crippen molar-refractivity contribution in [2.45, 2.75) is 19.3 Å². The summed E-state index contributed by atoms with van der Waals surface area (Å²) in [5, 5.41) is 0. The van der Waals surface area contributed by atoms with E-state index in [1.807, 2.05) is 0 Å². The fraction of sp³-hybridized carbons (Fsp3) is 0.500. The van der Waals surface area contributed by atoms with Gasteiger partial charge in [-0.25, -0.2) is 4.79 Å². The van der Waals surface area contributed by atoms with Crippen molar-refractivity contribution in [3.8, 4) is 5.75 Å². The molecule has 4 heteroatoms. The average Bonchev–Trinajstić information content (AvgIpc) is 2.38. The fourth-order valence-electron chi connectivity index (χ4n) is 2.07. The Balaban J connectivity index is 1.92. The van der Waals surface area contributed by atoms with Crippen LogP contribution < -0.4 is 4.74 Å². The van der Waals surface area contributed by atoms with Crippen LogP contribution in [0, 0.1) is 5.41 Å². The Bertz CT molecular complexity index is 404. The van der Waals surface area contributed by atoms with Crippen LogP contribution in [0.1, 0.15) is 29.6 Å². The molecule has 18 heavy (non-hydrogen) atoms. The van der Waals surface area contributed by atoms with Gasteiger partial charge in [-0.3, -0.25) is 0 Å². The molecule has 0 bridgehead atoms. The van der Waals surface area contributed by atoms with E-state index >= 15 is 0 Å². The van der Waals surface area contributed by atoms with Gasteiger partial charge in [-0.05, 0) is 42.9 Å². The zero-order valence-electron chi connectivity index (χ0n) is 10.5. The molecule has 0 spiro atoms. The molecule has 0 heterocycles. The summed E-state index contributed by atoms with van der Waals surface area (Å²) in [6, 6.07) is 7.04. The lowest BCUT2D eigenvalue weighted by Gasteiger charge is -2.40. The molecule has 3 nitrogen and oxygen atoms in total. The van der Waals surface area contributed by atoms with Crippen LogP contribution in [-0.4, -0.2) is 25.4 Å². The standard InChI is InChI=1S/C14H18O3S/c1-16-13(15)11-3-5-12(6-4-11)17-9-14(10-18)7-2-8-14/h3-6,18H,2,7-10H2,1H3. The lowest BCUT2D eigenvalue weighted by molar-refractivity contribution is 0.0600. The van der Waals surface area contributed by atoms with Crippen LogP contribution in [0.15, 0.2) is 24.3 Å². The van der Waals surface area contributed by atoms with Crippen molar-refractivity contribution >= 4 is 18.6 Å². The summed E-state index contributed by atoms with van der Waals surface area (Å²) in [7, 11) is 1.37. The summed E-state index contributed by atoms with van der Waals surface area (Å²) in [5.41, 5.74) is 0.793. The van der Waals surface area contributed by atoms with E-state index in [0.29, 0.717) is 12.2 Å². The second-order valence-corrected chi connectivity index (χ2v) is 5.13. The Morgan fingerprint density at radius 1 is 1.33 bits per heavy atom. The lowest BCUT2D eigenvalue weighted by Crippen LogP contribution is -2.37. The van der Waals surface area contributed by atoms with Crippen molar-refractivity contribution in [1.82, 2.24) is 0 Å². The van der Waals surface area contributed by atoms with Crippen LogP contribution in [-0.2, 0) is 4.74 Å². The molecule has 0 atom stereocenters. The summed E-state index contributed by atoms with van der Waals surface area (Å²) in [6.07, 6.45) is 3.65. The van der Waals surface area contributed by atoms with Crippen molar-refractivity contribution < 1.29 is 14.3 Å². The minimum Gasteiger partial charge on any atom is -0.493 e. The van der Waals surface area contributed by atoms with Gasteiger partial charge < -0.3 is 9.47 Å². The van der Waals surface area contributed by atoms with Crippen molar-refractivity contribution in [2.75, 3.05) is 19.5 Å². The number of carbonyl (C=O) groups excluding carboxylic acids is 1. The second-order valence-electron chi connectivity index (χ2n) is 4.82. The molecule has 1 aliphatic carbocycles. The molecule has 0 aromatic heterocycles. The Morgan fingerprint density at radius 3 is 2.44 bits per heavy atom. The molecule has 0 N–H and O–H groups in total. The van der Waals surface area contributed by atoms with Crippen molar-refractivity contribution in [3.05, 3.63) is 29.8 Å². The molecule has 0 amide bonds. The van der Waals surface area contributed by atoms with E-state index < -0.39 is 0 Å². The predicted molar refractivity (Wildman–Crippen MR) is 73.4 cm³/mol. The maximum absolute atomic E-state index is 11.3. The van der Waals surface area contributed by atoms with E-state index in [-0.39, 0.29) is 11.4 Å². The van der Waals surface area contributed by atoms with Gasteiger partial charge in [-0.1, -0.05) is 6.42 Å². The summed E-state index contributed by atoms with van der Waals surface area (Å²) in [6.45, 7) is 0.702. The highest BCUT2D eigenvalue weighted by Gasteiger charge is 2.36. The second kappa shape index (κ2) is 5.65. The fourth-order valence-corrected chi connectivity index (χ4v) is 2.47. The summed E-state index contributed by atoms with van der Waals surface area (Å²) in [4.78, 5) is 11.3. The van der Waals surface area contributed by atoms with Gasteiger partial charge in [0.2, 0.25) is 0 Å². The molecular formula is C14H18O3S. The first-order valence-electron chi connectivity index (χ1n) is 6.11. The molecule has 0 unspecified atom stereocenters. The normalized spacial score (nSPS) is 16.8. The molecular weight excluding hydrogens is 248 g/mol. The Labute approximate surface area is 113 Å². The highest BCUT2D eigenvalue weighted by atomic mass is 32.1. The number of benzene rings is 1. The molecule has 2 rings (SSSR count). The van der Waals surface area contributed by atoms with Crippen molar-refractivity contribution in [3.63, 3.8) is 0 Å². The molecule has 1 aliphatic rings. The number of carbonyl (C=O) groups is 1. The molecule has 1 saturated carbocycles. The molecule has 0 saturated heterocycles. The van der Waals surface area contributed by atoms with Gasteiger partial charge in [0.1, 0.15) is 5.75 Å². The van der Waals surface area contributed by atoms with E-state index in [0.717, 1.165) is 11.5 Å². The van der Waals surface area contributed by atoms with Gasteiger partial charge in [0.05, 0.1) is 19.3 Å². The topological polar surface area (TPSA) is 35.5 Å². The first-order valence-corrected chi connectivity index (χ1v) is 6.74. The molecule has 1 aromatic rings. The van der Waals surface area contributed by atoms with Crippen LogP contribution in [0.4, 0.5) is 0 Å². The molecule has 1 aromatic carbocycles. The van der Waals surface area contributed by atoms with Gasteiger partial charge in [0, 0.05) is 5.41 Å². The zero-order valence-corrected chi connectivity index (χ0v) is 11.4. The summed E-state index contributed by atoms with van der Waals surface area (Å²) >= 11 is 4.39. The third-order valence-electron chi connectivity index (χ3n) is 3.57. The van der Waals surface area contributed by atoms with Crippen molar-refractivity contribution in [2.24, 2.45) is 5.41 Å². The maximum Gasteiger partial charge on any atom is 0.337 e. The number of thiol groups is 1. The van der Waals surface area contributed by atoms with Crippen LogP contribution >= 0.6 is 12.6 Å². The maximum atomic E-state index is 11.3. The highest BCUT2D eigenvalue weighted by molar-refractivity contribution is 7.80. The van der Waals surface area contributed by atoms with E-state index in [4.69, 9.17) is 4.74 Å². The first-order chi connectivity index (χ1) is 8.69. The number of rotatable bonds is 5. The third kappa shape index (κ3) is 2.80. The predicted octanol–water partition coefficient (Wildman–Crippen LogP) is 2.95. The molecule has 1 fully saturated rings. The van der Waals surface area contributed by atoms with Gasteiger partial charge in [0.25, 0.3) is 0 Å². The third-order valence-corrected chi connectivity index (χ3v) is 4.24. The number of esters is 1. The average molecular weight is 266 g/mol. The largest absolute Gasteiger partial charge is 0.493 e. The molecule has 98 valence electrons. The van der Waals surface area contributed by atoms with E-state index in [1.165, 1.54) is 26.4 Å². The van der Waals surface area contributed by atoms with Crippen molar-refractivity contribution in [1.29, 1.82) is 0 Å². The quantitative estimate of drug-likeness (QED) is 0.657. The zero-order chi connectivity index (χ0) is 13.0. The lowest BCUT2D eigenvalue weighted by atomic mass is 9.71. The van der Waals surface area contributed by atoms with Crippen LogP contribution in [0.2, 0.25) is 0 Å². The number of ether oxygens (including phenoxy) is 2. The van der Waals surface area contributed by atoms with E-state index in [1.54, 1.807) is 24.3 Å². The first kappa shape index (κ1) is 13.3. The highest BCUT2D eigenvalue weighted by Crippen LogP contribution is 2.42. The Hall–Kier alpha value is -1.16. The Kier molecular flexibility index (Phi) is 4.17. The minimum atomic E-state index is -0.327. The van der Waals surface area contributed by atoms with Crippen LogP contribution in [0.5, 0.6) is 5.75 Å². The van der Waals surface area contributed by atoms with Crippen LogP contribution in [0.3, 0.4) is 0 Å². The van der Waals surface area contributed by atoms with Crippen LogP contribution in [0.25, 0.3) is 0 Å². The van der Waals surface area contributed by atoms with E-state index in [2.05, 4.69) is 17.4 Å². The SMILES string of the molecule is COC(=O)c1ccc(OCC2(CS)CCC2)cc1. The smallest absolute Gasteiger partial charge is 0.337 e.